The Labute approximate surface area is 105 Å². The highest BCUT2D eigenvalue weighted by Gasteiger charge is 2.08. The van der Waals surface area contributed by atoms with Crippen molar-refractivity contribution in [2.24, 2.45) is 0 Å². The molecule has 0 amide bonds. The van der Waals surface area contributed by atoms with Crippen molar-refractivity contribution in [1.29, 1.82) is 0 Å². The summed E-state index contributed by atoms with van der Waals surface area (Å²) in [5.74, 6) is 0. The van der Waals surface area contributed by atoms with Crippen LogP contribution in [-0.2, 0) is 6.42 Å². The van der Waals surface area contributed by atoms with Crippen molar-refractivity contribution in [2.45, 2.75) is 34.1 Å². The van der Waals surface area contributed by atoms with Gasteiger partial charge < -0.3 is 0 Å². The molecule has 1 aromatic rings. The van der Waals surface area contributed by atoms with Crippen LogP contribution in [0.4, 0.5) is 0 Å². The summed E-state index contributed by atoms with van der Waals surface area (Å²) in [6.07, 6.45) is 2.99. The fraction of sp³-hybridized carbons (Fsp3) is 0.294. The zero-order valence-corrected chi connectivity index (χ0v) is 11.4. The quantitative estimate of drug-likeness (QED) is 0.614. The molecule has 0 atom stereocenters. The van der Waals surface area contributed by atoms with Gasteiger partial charge in [0.25, 0.3) is 0 Å². The molecule has 0 aliphatic rings. The van der Waals surface area contributed by atoms with Gasteiger partial charge in [-0.15, -0.1) is 0 Å². The van der Waals surface area contributed by atoms with Crippen molar-refractivity contribution in [3.05, 3.63) is 59.7 Å². The van der Waals surface area contributed by atoms with Crippen LogP contribution in [0.2, 0.25) is 0 Å². The molecular weight excluding hydrogens is 204 g/mol. The Kier molecular flexibility index (Phi) is 4.51. The Morgan fingerprint density at radius 3 is 2.24 bits per heavy atom. The molecule has 0 N–H and O–H groups in total. The van der Waals surface area contributed by atoms with Crippen LogP contribution in [0.25, 0.3) is 11.1 Å². The van der Waals surface area contributed by atoms with Crippen LogP contribution < -0.4 is 0 Å². The van der Waals surface area contributed by atoms with Crippen molar-refractivity contribution < 1.29 is 0 Å². The lowest BCUT2D eigenvalue weighted by Gasteiger charge is -2.13. The van der Waals surface area contributed by atoms with Gasteiger partial charge >= 0.3 is 0 Å². The first-order chi connectivity index (χ1) is 8.01. The van der Waals surface area contributed by atoms with Gasteiger partial charge in [0, 0.05) is 0 Å². The minimum Gasteiger partial charge on any atom is -0.0984 e. The van der Waals surface area contributed by atoms with Gasteiger partial charge in [0.2, 0.25) is 0 Å². The van der Waals surface area contributed by atoms with E-state index in [1.165, 1.54) is 27.8 Å². The summed E-state index contributed by atoms with van der Waals surface area (Å²) in [5.41, 5.74) is 7.43. The van der Waals surface area contributed by atoms with E-state index in [0.717, 1.165) is 12.0 Å². The molecule has 0 heteroatoms. The molecule has 0 fully saturated rings. The maximum atomic E-state index is 4.08. The molecule has 0 spiro atoms. The Hall–Kier alpha value is -1.56. The van der Waals surface area contributed by atoms with Gasteiger partial charge in [-0.2, -0.15) is 0 Å². The SMILES string of the molecule is C=CC(=C(C)C)c1ccc(CC)cc1C(=C)C. The van der Waals surface area contributed by atoms with Gasteiger partial charge in [-0.05, 0) is 49.5 Å². The number of hydrogen-bond acceptors (Lipinski definition) is 0. The summed E-state index contributed by atoms with van der Waals surface area (Å²) in [6, 6.07) is 6.62. The number of hydrogen-bond donors (Lipinski definition) is 0. The standard InChI is InChI=1S/C17H22/c1-7-14-9-10-16(15(8-2)12(3)4)17(11-14)13(5)6/h8-11H,2,5,7H2,1,3-4,6H3. The smallest absolute Gasteiger partial charge is 0.0110 e. The van der Waals surface area contributed by atoms with Crippen molar-refractivity contribution >= 4 is 11.1 Å². The Morgan fingerprint density at radius 1 is 1.18 bits per heavy atom. The Balaban J connectivity index is 3.48. The molecule has 0 nitrogen and oxygen atoms in total. The first-order valence-electron chi connectivity index (χ1n) is 6.10. The molecule has 0 radical (unpaired) electrons. The molecule has 0 bridgehead atoms. The topological polar surface area (TPSA) is 0 Å². The van der Waals surface area contributed by atoms with E-state index in [2.05, 4.69) is 59.1 Å². The van der Waals surface area contributed by atoms with Crippen molar-refractivity contribution in [3.8, 4) is 0 Å². The van der Waals surface area contributed by atoms with Crippen LogP contribution >= 0.6 is 0 Å². The zero-order chi connectivity index (χ0) is 13.0. The molecule has 0 aromatic heterocycles. The van der Waals surface area contributed by atoms with E-state index in [0.29, 0.717) is 0 Å². The lowest BCUT2D eigenvalue weighted by Crippen LogP contribution is -1.94. The van der Waals surface area contributed by atoms with E-state index < -0.39 is 0 Å². The lowest BCUT2D eigenvalue weighted by molar-refractivity contribution is 1.13. The predicted molar refractivity (Wildman–Crippen MR) is 79.0 cm³/mol. The molecule has 1 rings (SSSR count). The van der Waals surface area contributed by atoms with E-state index in [-0.39, 0.29) is 0 Å². The average molecular weight is 226 g/mol. The molecular formula is C17H22. The van der Waals surface area contributed by atoms with Crippen molar-refractivity contribution in [1.82, 2.24) is 0 Å². The van der Waals surface area contributed by atoms with Gasteiger partial charge in [-0.1, -0.05) is 55.5 Å². The zero-order valence-electron chi connectivity index (χ0n) is 11.4. The van der Waals surface area contributed by atoms with Gasteiger partial charge in [0.1, 0.15) is 0 Å². The van der Waals surface area contributed by atoms with Crippen LogP contribution in [0.15, 0.2) is 43.0 Å². The first kappa shape index (κ1) is 13.5. The highest BCUT2D eigenvalue weighted by atomic mass is 14.1. The van der Waals surface area contributed by atoms with Gasteiger partial charge in [0.15, 0.2) is 0 Å². The Morgan fingerprint density at radius 2 is 1.82 bits per heavy atom. The molecule has 0 saturated heterocycles. The maximum Gasteiger partial charge on any atom is -0.0110 e. The van der Waals surface area contributed by atoms with Crippen LogP contribution in [0.5, 0.6) is 0 Å². The van der Waals surface area contributed by atoms with Gasteiger partial charge in [-0.25, -0.2) is 0 Å². The minimum atomic E-state index is 1.05. The molecule has 0 unspecified atom stereocenters. The summed E-state index contributed by atoms with van der Waals surface area (Å²) in [5, 5.41) is 0. The van der Waals surface area contributed by atoms with Crippen LogP contribution in [0.3, 0.4) is 0 Å². The van der Waals surface area contributed by atoms with E-state index in [1.807, 2.05) is 6.08 Å². The number of benzene rings is 1. The maximum absolute atomic E-state index is 4.08. The second-order valence-electron chi connectivity index (χ2n) is 4.63. The highest BCUT2D eigenvalue weighted by molar-refractivity contribution is 5.84. The first-order valence-corrected chi connectivity index (χ1v) is 6.10. The summed E-state index contributed by atoms with van der Waals surface area (Å²) in [6.45, 7) is 16.5. The van der Waals surface area contributed by atoms with Gasteiger partial charge in [0.05, 0.1) is 0 Å². The molecule has 0 heterocycles. The molecule has 1 aromatic carbocycles. The third-order valence-corrected chi connectivity index (χ3v) is 2.98. The summed E-state index contributed by atoms with van der Waals surface area (Å²) >= 11 is 0. The Bertz CT molecular complexity index is 469. The largest absolute Gasteiger partial charge is 0.0984 e. The third-order valence-electron chi connectivity index (χ3n) is 2.98. The number of aryl methyl sites for hydroxylation is 1. The van der Waals surface area contributed by atoms with Crippen molar-refractivity contribution in [3.63, 3.8) is 0 Å². The van der Waals surface area contributed by atoms with Crippen LogP contribution in [0, 0.1) is 0 Å². The summed E-state index contributed by atoms with van der Waals surface area (Å²) in [7, 11) is 0. The predicted octanol–water partition coefficient (Wildman–Crippen LogP) is 5.26. The van der Waals surface area contributed by atoms with Crippen LogP contribution in [0.1, 0.15) is 44.4 Å². The molecule has 0 saturated carbocycles. The summed E-state index contributed by atoms with van der Waals surface area (Å²) in [4.78, 5) is 0. The fourth-order valence-electron chi connectivity index (χ4n) is 1.98. The van der Waals surface area contributed by atoms with Crippen molar-refractivity contribution in [2.75, 3.05) is 0 Å². The normalized spacial score (nSPS) is 9.88. The average Bonchev–Trinajstić information content (AvgIpc) is 2.29. The van der Waals surface area contributed by atoms with Crippen LogP contribution in [-0.4, -0.2) is 0 Å². The van der Waals surface area contributed by atoms with E-state index >= 15 is 0 Å². The van der Waals surface area contributed by atoms with E-state index in [9.17, 15) is 0 Å². The van der Waals surface area contributed by atoms with Gasteiger partial charge in [-0.3, -0.25) is 0 Å². The second-order valence-corrected chi connectivity index (χ2v) is 4.63. The fourth-order valence-corrected chi connectivity index (χ4v) is 1.98. The molecule has 90 valence electrons. The highest BCUT2D eigenvalue weighted by Crippen LogP contribution is 2.28. The molecule has 17 heavy (non-hydrogen) atoms. The number of allylic oxidation sites excluding steroid dienone is 4. The summed E-state index contributed by atoms with van der Waals surface area (Å²) < 4.78 is 0. The van der Waals surface area contributed by atoms with E-state index in [4.69, 9.17) is 0 Å². The van der Waals surface area contributed by atoms with E-state index in [1.54, 1.807) is 0 Å². The second kappa shape index (κ2) is 5.67. The number of rotatable bonds is 4. The monoisotopic (exact) mass is 226 g/mol. The third kappa shape index (κ3) is 2.97. The molecule has 0 aliphatic heterocycles. The lowest BCUT2D eigenvalue weighted by atomic mass is 9.91. The minimum absolute atomic E-state index is 1.05. The molecule has 0 aliphatic carbocycles.